The molecule has 0 saturated carbocycles. The zero-order valence-electron chi connectivity index (χ0n) is 12.8. The zero-order valence-corrected chi connectivity index (χ0v) is 12.8. The van der Waals surface area contributed by atoms with E-state index >= 15 is 0 Å². The van der Waals surface area contributed by atoms with Gasteiger partial charge in [-0.1, -0.05) is 60.6 Å². The summed E-state index contributed by atoms with van der Waals surface area (Å²) in [6.07, 6.45) is 5.92. The summed E-state index contributed by atoms with van der Waals surface area (Å²) in [6.45, 7) is 15.8. The molecule has 102 valence electrons. The molecule has 0 saturated heterocycles. The molecule has 1 N–H and O–H groups in total. The first-order chi connectivity index (χ1) is 7.67. The summed E-state index contributed by atoms with van der Waals surface area (Å²) >= 11 is 0. The molecule has 3 atom stereocenters. The van der Waals surface area contributed by atoms with Gasteiger partial charge in [0.1, 0.15) is 0 Å². The predicted octanol–water partition coefficient (Wildman–Crippen LogP) is 4.66. The number of hydrogen-bond donors (Lipinski definition) is 1. The third kappa shape index (κ3) is 7.59. The largest absolute Gasteiger partial charge is 0.389 e. The number of aliphatic hydroxyl groups excluding tert-OH is 1. The fraction of sp³-hybridized carbons (Fsp3) is 0.875. The van der Waals surface area contributed by atoms with E-state index in [1.807, 2.05) is 13.0 Å². The number of rotatable bonds is 6. The molecule has 3 unspecified atom stereocenters. The smallest absolute Gasteiger partial charge is 0.0718 e. The Bertz CT molecular complexity index is 222. The maximum absolute atomic E-state index is 9.57. The molecule has 0 aromatic heterocycles. The summed E-state index contributed by atoms with van der Waals surface area (Å²) < 4.78 is 0. The van der Waals surface area contributed by atoms with E-state index in [2.05, 4.69) is 47.6 Å². The van der Waals surface area contributed by atoms with Crippen molar-refractivity contribution in [2.75, 3.05) is 0 Å². The summed E-state index contributed by atoms with van der Waals surface area (Å²) in [7, 11) is 0. The second-order valence-electron chi connectivity index (χ2n) is 6.89. The Morgan fingerprint density at radius 3 is 1.94 bits per heavy atom. The van der Waals surface area contributed by atoms with Gasteiger partial charge in [-0.2, -0.15) is 0 Å². The van der Waals surface area contributed by atoms with Crippen LogP contribution in [-0.2, 0) is 0 Å². The topological polar surface area (TPSA) is 20.2 Å². The van der Waals surface area contributed by atoms with Crippen LogP contribution in [0.15, 0.2) is 12.2 Å². The van der Waals surface area contributed by atoms with Crippen molar-refractivity contribution in [2.24, 2.45) is 23.2 Å². The van der Waals surface area contributed by atoms with Gasteiger partial charge < -0.3 is 5.11 Å². The summed E-state index contributed by atoms with van der Waals surface area (Å²) in [5.74, 6) is 1.92. The van der Waals surface area contributed by atoms with Crippen LogP contribution in [0.2, 0.25) is 0 Å². The van der Waals surface area contributed by atoms with Gasteiger partial charge in [-0.3, -0.25) is 0 Å². The third-order valence-corrected chi connectivity index (χ3v) is 3.43. The fourth-order valence-corrected chi connectivity index (χ4v) is 2.32. The van der Waals surface area contributed by atoms with E-state index < -0.39 is 0 Å². The maximum atomic E-state index is 9.57. The van der Waals surface area contributed by atoms with Gasteiger partial charge in [-0.05, 0) is 36.0 Å². The van der Waals surface area contributed by atoms with Crippen molar-refractivity contribution in [2.45, 2.75) is 67.4 Å². The highest BCUT2D eigenvalue weighted by Crippen LogP contribution is 2.34. The molecule has 17 heavy (non-hydrogen) atoms. The van der Waals surface area contributed by atoms with Crippen LogP contribution in [0.3, 0.4) is 0 Å². The van der Waals surface area contributed by atoms with Crippen LogP contribution < -0.4 is 0 Å². The molecule has 1 nitrogen and oxygen atoms in total. The lowest BCUT2D eigenvalue weighted by atomic mass is 9.74. The van der Waals surface area contributed by atoms with Crippen molar-refractivity contribution in [3.8, 4) is 0 Å². The number of allylic oxidation sites excluding steroid dienone is 1. The standard InChI is InChI=1S/C16H32O/c1-8-14(17)10-9-13(4)15(12(2)3)11-16(5,6)7/h9-10,12-15,17H,8,11H2,1-7H3/b10-9-. The molecule has 0 bridgehead atoms. The second kappa shape index (κ2) is 7.20. The van der Waals surface area contributed by atoms with Crippen molar-refractivity contribution >= 4 is 0 Å². The lowest BCUT2D eigenvalue weighted by Crippen LogP contribution is -2.23. The Morgan fingerprint density at radius 2 is 1.59 bits per heavy atom. The van der Waals surface area contributed by atoms with Crippen molar-refractivity contribution in [3.63, 3.8) is 0 Å². The van der Waals surface area contributed by atoms with E-state index in [-0.39, 0.29) is 6.10 Å². The molecule has 0 heterocycles. The maximum Gasteiger partial charge on any atom is 0.0718 e. The molecule has 0 fully saturated rings. The highest BCUT2D eigenvalue weighted by molar-refractivity contribution is 4.95. The average Bonchev–Trinajstić information content (AvgIpc) is 2.20. The SMILES string of the molecule is CCC(O)/C=C\C(C)C(CC(C)(C)C)C(C)C. The normalized spacial score (nSPS) is 18.6. The molecule has 0 aromatic carbocycles. The van der Waals surface area contributed by atoms with Gasteiger partial charge in [0.25, 0.3) is 0 Å². The third-order valence-electron chi connectivity index (χ3n) is 3.43. The Morgan fingerprint density at radius 1 is 1.06 bits per heavy atom. The first-order valence-electron chi connectivity index (χ1n) is 7.03. The molecule has 0 aliphatic rings. The Labute approximate surface area is 108 Å². The Balaban J connectivity index is 4.55. The monoisotopic (exact) mass is 240 g/mol. The number of hydrogen-bond acceptors (Lipinski definition) is 1. The van der Waals surface area contributed by atoms with E-state index in [1.165, 1.54) is 6.42 Å². The van der Waals surface area contributed by atoms with Crippen molar-refractivity contribution < 1.29 is 5.11 Å². The van der Waals surface area contributed by atoms with Crippen molar-refractivity contribution in [1.82, 2.24) is 0 Å². The van der Waals surface area contributed by atoms with Crippen LogP contribution in [0, 0.1) is 23.2 Å². The summed E-state index contributed by atoms with van der Waals surface area (Å²) in [4.78, 5) is 0. The first-order valence-corrected chi connectivity index (χ1v) is 7.03. The lowest BCUT2D eigenvalue weighted by molar-refractivity contribution is 0.198. The van der Waals surface area contributed by atoms with Crippen LogP contribution >= 0.6 is 0 Å². The minimum absolute atomic E-state index is 0.278. The molecule has 0 aliphatic heterocycles. The molecule has 0 rings (SSSR count). The molecule has 0 aliphatic carbocycles. The molecule has 0 radical (unpaired) electrons. The van der Waals surface area contributed by atoms with Crippen LogP contribution in [0.1, 0.15) is 61.3 Å². The Kier molecular flexibility index (Phi) is 7.08. The van der Waals surface area contributed by atoms with Gasteiger partial charge in [-0.25, -0.2) is 0 Å². The van der Waals surface area contributed by atoms with Crippen LogP contribution in [0.5, 0.6) is 0 Å². The molecule has 0 aromatic rings. The van der Waals surface area contributed by atoms with Crippen LogP contribution in [-0.4, -0.2) is 11.2 Å². The van der Waals surface area contributed by atoms with Gasteiger partial charge in [0.2, 0.25) is 0 Å². The van der Waals surface area contributed by atoms with E-state index in [0.29, 0.717) is 23.2 Å². The Hall–Kier alpha value is -0.300. The van der Waals surface area contributed by atoms with Gasteiger partial charge >= 0.3 is 0 Å². The van der Waals surface area contributed by atoms with Crippen molar-refractivity contribution in [1.29, 1.82) is 0 Å². The molecule has 1 heteroatoms. The number of aliphatic hydroxyl groups is 1. The summed E-state index contributed by atoms with van der Waals surface area (Å²) in [6, 6.07) is 0. The van der Waals surface area contributed by atoms with Gasteiger partial charge in [0, 0.05) is 0 Å². The summed E-state index contributed by atoms with van der Waals surface area (Å²) in [5, 5.41) is 9.57. The minimum Gasteiger partial charge on any atom is -0.389 e. The highest BCUT2D eigenvalue weighted by Gasteiger charge is 2.24. The zero-order chi connectivity index (χ0) is 13.6. The molecule has 0 amide bonds. The van der Waals surface area contributed by atoms with E-state index in [0.717, 1.165) is 6.42 Å². The highest BCUT2D eigenvalue weighted by atomic mass is 16.3. The van der Waals surface area contributed by atoms with Gasteiger partial charge in [-0.15, -0.1) is 0 Å². The fourth-order valence-electron chi connectivity index (χ4n) is 2.32. The molecular weight excluding hydrogens is 208 g/mol. The second-order valence-corrected chi connectivity index (χ2v) is 6.89. The lowest BCUT2D eigenvalue weighted by Gasteiger charge is -2.32. The predicted molar refractivity (Wildman–Crippen MR) is 77.0 cm³/mol. The van der Waals surface area contributed by atoms with E-state index in [4.69, 9.17) is 0 Å². The first kappa shape index (κ1) is 16.7. The minimum atomic E-state index is -0.278. The summed E-state index contributed by atoms with van der Waals surface area (Å²) in [5.41, 5.74) is 0.375. The van der Waals surface area contributed by atoms with E-state index in [9.17, 15) is 5.11 Å². The van der Waals surface area contributed by atoms with Crippen LogP contribution in [0.4, 0.5) is 0 Å². The quantitative estimate of drug-likeness (QED) is 0.670. The van der Waals surface area contributed by atoms with Crippen molar-refractivity contribution in [3.05, 3.63) is 12.2 Å². The van der Waals surface area contributed by atoms with E-state index in [1.54, 1.807) is 0 Å². The molecule has 0 spiro atoms. The van der Waals surface area contributed by atoms with Crippen LogP contribution in [0.25, 0.3) is 0 Å². The average molecular weight is 240 g/mol. The van der Waals surface area contributed by atoms with Gasteiger partial charge in [0.05, 0.1) is 6.10 Å². The molecular formula is C16H32O. The van der Waals surface area contributed by atoms with Gasteiger partial charge in [0.15, 0.2) is 0 Å².